The quantitative estimate of drug-likeness (QED) is 0.810. The van der Waals surface area contributed by atoms with Gasteiger partial charge in [0.1, 0.15) is 0 Å². The Balaban J connectivity index is 2.12. The first-order chi connectivity index (χ1) is 9.98. The maximum atomic E-state index is 12.3. The van der Waals surface area contributed by atoms with E-state index < -0.39 is 5.54 Å². The molecule has 0 bridgehead atoms. The van der Waals surface area contributed by atoms with Crippen LogP contribution in [0.5, 0.6) is 11.5 Å². The summed E-state index contributed by atoms with van der Waals surface area (Å²) < 4.78 is 11.1. The number of anilines is 1. The molecule has 5 heteroatoms. The fraction of sp³-hybridized carbons (Fsp3) is 0.562. The molecule has 0 aromatic heterocycles. The van der Waals surface area contributed by atoms with Crippen molar-refractivity contribution in [3.63, 3.8) is 0 Å². The molecule has 2 rings (SSSR count). The topological polar surface area (TPSA) is 73.6 Å². The lowest BCUT2D eigenvalue weighted by Gasteiger charge is -2.23. The number of amides is 1. The lowest BCUT2D eigenvalue weighted by molar-refractivity contribution is -0.121. The van der Waals surface area contributed by atoms with Crippen molar-refractivity contribution >= 4 is 11.6 Å². The molecule has 0 spiro atoms. The Morgan fingerprint density at radius 3 is 2.48 bits per heavy atom. The Morgan fingerprint density at radius 1 is 1.29 bits per heavy atom. The molecule has 0 saturated heterocycles. The molecule has 1 aromatic rings. The number of nitrogens with two attached hydrogens (primary N) is 1. The van der Waals surface area contributed by atoms with Crippen LogP contribution in [0.25, 0.3) is 0 Å². The van der Waals surface area contributed by atoms with Crippen LogP contribution in [0.4, 0.5) is 5.69 Å². The standard InChI is InChI=1S/C16H24N2O3/c1-4-20-13-9-8-12(10-14(13)21-5-2)18-15(19)16(3,17)11-6-7-11/h8-11H,4-7,17H2,1-3H3,(H,18,19). The van der Waals surface area contributed by atoms with Gasteiger partial charge in [0, 0.05) is 11.8 Å². The second-order valence-electron chi connectivity index (χ2n) is 5.54. The predicted molar refractivity (Wildman–Crippen MR) is 82.7 cm³/mol. The number of carbonyl (C=O) groups excluding carboxylic acids is 1. The van der Waals surface area contributed by atoms with E-state index in [1.807, 2.05) is 13.8 Å². The van der Waals surface area contributed by atoms with Gasteiger partial charge >= 0.3 is 0 Å². The highest BCUT2D eigenvalue weighted by Crippen LogP contribution is 2.39. The largest absolute Gasteiger partial charge is 0.490 e. The van der Waals surface area contributed by atoms with Crippen molar-refractivity contribution in [2.24, 2.45) is 11.7 Å². The lowest BCUT2D eigenvalue weighted by atomic mass is 9.96. The Bertz CT molecular complexity index is 510. The highest BCUT2D eigenvalue weighted by atomic mass is 16.5. The van der Waals surface area contributed by atoms with Crippen molar-refractivity contribution < 1.29 is 14.3 Å². The summed E-state index contributed by atoms with van der Waals surface area (Å²) in [6.07, 6.45) is 2.04. The zero-order chi connectivity index (χ0) is 15.5. The first-order valence-corrected chi connectivity index (χ1v) is 7.49. The van der Waals surface area contributed by atoms with Crippen molar-refractivity contribution in [2.75, 3.05) is 18.5 Å². The third-order valence-corrected chi connectivity index (χ3v) is 3.72. The van der Waals surface area contributed by atoms with Gasteiger partial charge in [-0.15, -0.1) is 0 Å². The van der Waals surface area contributed by atoms with Crippen LogP contribution in [-0.2, 0) is 4.79 Å². The molecule has 5 nitrogen and oxygen atoms in total. The van der Waals surface area contributed by atoms with E-state index in [4.69, 9.17) is 15.2 Å². The van der Waals surface area contributed by atoms with Crippen LogP contribution in [-0.4, -0.2) is 24.7 Å². The Kier molecular flexibility index (Phi) is 4.73. The molecule has 1 fully saturated rings. The van der Waals surface area contributed by atoms with Crippen LogP contribution in [0.1, 0.15) is 33.6 Å². The first-order valence-electron chi connectivity index (χ1n) is 7.49. The molecule has 0 heterocycles. The highest BCUT2D eigenvalue weighted by Gasteiger charge is 2.44. The fourth-order valence-electron chi connectivity index (χ4n) is 2.26. The van der Waals surface area contributed by atoms with E-state index in [0.717, 1.165) is 12.8 Å². The van der Waals surface area contributed by atoms with Crippen molar-refractivity contribution in [3.8, 4) is 11.5 Å². The van der Waals surface area contributed by atoms with E-state index in [-0.39, 0.29) is 11.8 Å². The van der Waals surface area contributed by atoms with Crippen molar-refractivity contribution in [1.82, 2.24) is 0 Å². The molecule has 1 aromatic carbocycles. The molecule has 1 aliphatic rings. The number of carbonyl (C=O) groups is 1. The van der Waals surface area contributed by atoms with Crippen LogP contribution in [0.3, 0.4) is 0 Å². The van der Waals surface area contributed by atoms with Crippen LogP contribution in [0, 0.1) is 5.92 Å². The molecule has 116 valence electrons. The lowest BCUT2D eigenvalue weighted by Crippen LogP contribution is -2.50. The highest BCUT2D eigenvalue weighted by molar-refractivity contribution is 5.98. The maximum Gasteiger partial charge on any atom is 0.244 e. The molecule has 21 heavy (non-hydrogen) atoms. The average Bonchev–Trinajstić information content (AvgIpc) is 3.27. The van der Waals surface area contributed by atoms with E-state index in [2.05, 4.69) is 5.32 Å². The first kappa shape index (κ1) is 15.6. The summed E-state index contributed by atoms with van der Waals surface area (Å²) in [6, 6.07) is 5.37. The van der Waals surface area contributed by atoms with Gasteiger partial charge in [-0.05, 0) is 51.7 Å². The minimum atomic E-state index is -0.815. The van der Waals surface area contributed by atoms with Gasteiger partial charge in [0.15, 0.2) is 11.5 Å². The second-order valence-corrected chi connectivity index (χ2v) is 5.54. The van der Waals surface area contributed by atoms with E-state index in [9.17, 15) is 4.79 Å². The second kappa shape index (κ2) is 6.35. The number of benzene rings is 1. The van der Waals surface area contributed by atoms with Gasteiger partial charge in [-0.25, -0.2) is 0 Å². The minimum Gasteiger partial charge on any atom is -0.490 e. The van der Waals surface area contributed by atoms with Gasteiger partial charge in [-0.3, -0.25) is 4.79 Å². The molecule has 1 unspecified atom stereocenters. The molecule has 0 radical (unpaired) electrons. The Hall–Kier alpha value is -1.75. The number of rotatable bonds is 7. The number of nitrogens with one attached hydrogen (secondary N) is 1. The number of ether oxygens (including phenoxy) is 2. The van der Waals surface area contributed by atoms with Crippen molar-refractivity contribution in [2.45, 2.75) is 39.2 Å². The SMILES string of the molecule is CCOc1ccc(NC(=O)C(C)(N)C2CC2)cc1OCC. The monoisotopic (exact) mass is 292 g/mol. The maximum absolute atomic E-state index is 12.3. The van der Waals surface area contributed by atoms with Crippen molar-refractivity contribution in [3.05, 3.63) is 18.2 Å². The Labute approximate surface area is 125 Å². The summed E-state index contributed by atoms with van der Waals surface area (Å²) in [5.74, 6) is 1.43. The van der Waals surface area contributed by atoms with Gasteiger partial charge in [-0.1, -0.05) is 0 Å². The summed E-state index contributed by atoms with van der Waals surface area (Å²) in [7, 11) is 0. The van der Waals surface area contributed by atoms with Crippen molar-refractivity contribution in [1.29, 1.82) is 0 Å². The molecule has 3 N–H and O–H groups in total. The number of hydrogen-bond donors (Lipinski definition) is 2. The normalized spacial score (nSPS) is 17.0. The van der Waals surface area contributed by atoms with Gasteiger partial charge in [0.25, 0.3) is 0 Å². The van der Waals surface area contributed by atoms with Gasteiger partial charge in [0.05, 0.1) is 18.8 Å². The summed E-state index contributed by atoms with van der Waals surface area (Å²) in [6.45, 7) is 6.71. The van der Waals surface area contributed by atoms with E-state index in [0.29, 0.717) is 30.4 Å². The summed E-state index contributed by atoms with van der Waals surface area (Å²) in [4.78, 5) is 12.3. The summed E-state index contributed by atoms with van der Waals surface area (Å²) in [5.41, 5.74) is 5.98. The van der Waals surface area contributed by atoms with Crippen LogP contribution < -0.4 is 20.5 Å². The molecular weight excluding hydrogens is 268 g/mol. The third kappa shape index (κ3) is 3.67. The molecule has 1 aliphatic carbocycles. The average molecular weight is 292 g/mol. The van der Waals surface area contributed by atoms with Gasteiger partial charge < -0.3 is 20.5 Å². The summed E-state index contributed by atoms with van der Waals surface area (Å²) in [5, 5.41) is 2.87. The zero-order valence-corrected chi connectivity index (χ0v) is 12.9. The predicted octanol–water partition coefficient (Wildman–Crippen LogP) is 2.55. The molecule has 1 saturated carbocycles. The van der Waals surface area contributed by atoms with E-state index >= 15 is 0 Å². The van der Waals surface area contributed by atoms with Crippen LogP contribution in [0.2, 0.25) is 0 Å². The van der Waals surface area contributed by atoms with Gasteiger partial charge in [-0.2, -0.15) is 0 Å². The van der Waals surface area contributed by atoms with Crippen LogP contribution >= 0.6 is 0 Å². The van der Waals surface area contributed by atoms with E-state index in [1.54, 1.807) is 25.1 Å². The smallest absolute Gasteiger partial charge is 0.244 e. The summed E-state index contributed by atoms with van der Waals surface area (Å²) >= 11 is 0. The zero-order valence-electron chi connectivity index (χ0n) is 12.9. The molecule has 1 atom stereocenters. The number of hydrogen-bond acceptors (Lipinski definition) is 4. The molecule has 1 amide bonds. The fourth-order valence-corrected chi connectivity index (χ4v) is 2.26. The van der Waals surface area contributed by atoms with Crippen LogP contribution in [0.15, 0.2) is 18.2 Å². The van der Waals surface area contributed by atoms with E-state index in [1.165, 1.54) is 0 Å². The molecule has 0 aliphatic heterocycles. The van der Waals surface area contributed by atoms with Gasteiger partial charge in [0.2, 0.25) is 5.91 Å². The Morgan fingerprint density at radius 2 is 1.90 bits per heavy atom. The molecular formula is C16H24N2O3. The third-order valence-electron chi connectivity index (χ3n) is 3.72. The minimum absolute atomic E-state index is 0.156.